The van der Waals surface area contributed by atoms with Gasteiger partial charge in [-0.15, -0.1) is 11.8 Å². The number of allylic oxidation sites excluding steroid dienone is 2. The average molecular weight is 210 g/mol. The predicted molar refractivity (Wildman–Crippen MR) is 67.9 cm³/mol. The Hall–Kier alpha value is -0.170. The van der Waals surface area contributed by atoms with Gasteiger partial charge in [-0.05, 0) is 38.8 Å². The third kappa shape index (κ3) is 2.25. The van der Waals surface area contributed by atoms with Gasteiger partial charge in [-0.3, -0.25) is 0 Å². The number of rotatable bonds is 1. The molecule has 0 fully saturated rings. The second-order valence-corrected chi connectivity index (χ2v) is 7.16. The highest BCUT2D eigenvalue weighted by Gasteiger charge is 2.28. The van der Waals surface area contributed by atoms with Crippen molar-refractivity contribution in [3.8, 4) is 0 Å². The summed E-state index contributed by atoms with van der Waals surface area (Å²) < 4.78 is 0.345. The van der Waals surface area contributed by atoms with Gasteiger partial charge in [0, 0.05) is 10.00 Å². The molecule has 14 heavy (non-hydrogen) atoms. The molecule has 0 heterocycles. The van der Waals surface area contributed by atoms with Crippen LogP contribution in [0.25, 0.3) is 0 Å². The number of hydrogen-bond donors (Lipinski definition) is 0. The van der Waals surface area contributed by atoms with E-state index in [-0.39, 0.29) is 0 Å². The molecule has 0 saturated heterocycles. The van der Waals surface area contributed by atoms with Crippen LogP contribution in [0.15, 0.2) is 22.3 Å². The molecule has 0 amide bonds. The van der Waals surface area contributed by atoms with E-state index in [2.05, 4.69) is 60.2 Å². The highest BCUT2D eigenvalue weighted by molar-refractivity contribution is 8.01. The van der Waals surface area contributed by atoms with Gasteiger partial charge < -0.3 is 0 Å². The third-order valence-electron chi connectivity index (χ3n) is 3.00. The van der Waals surface area contributed by atoms with Crippen LogP contribution in [-0.2, 0) is 0 Å². The highest BCUT2D eigenvalue weighted by Crippen LogP contribution is 2.43. The van der Waals surface area contributed by atoms with Gasteiger partial charge in [-0.25, -0.2) is 0 Å². The summed E-state index contributed by atoms with van der Waals surface area (Å²) in [5, 5.41) is 0.620. The molecule has 0 spiro atoms. The van der Waals surface area contributed by atoms with Crippen molar-refractivity contribution in [2.45, 2.75) is 58.5 Å². The lowest BCUT2D eigenvalue weighted by Gasteiger charge is -2.25. The lowest BCUT2D eigenvalue weighted by molar-refractivity contribution is 0.798. The van der Waals surface area contributed by atoms with E-state index >= 15 is 0 Å². The normalized spacial score (nSPS) is 19.9. The van der Waals surface area contributed by atoms with Crippen molar-refractivity contribution in [1.29, 1.82) is 0 Å². The van der Waals surface area contributed by atoms with E-state index in [0.29, 0.717) is 10.00 Å². The molecule has 0 bridgehead atoms. The van der Waals surface area contributed by atoms with Crippen LogP contribution >= 0.6 is 11.8 Å². The monoisotopic (exact) mass is 210 g/mol. The first kappa shape index (κ1) is 11.9. The lowest BCUT2D eigenvalue weighted by Crippen LogP contribution is -2.16. The molecular formula is C13H22S. The second kappa shape index (κ2) is 3.77. The SMILES string of the molecule is CC1=C(C)C(SC(C)(C)C)C(C)=C1C. The van der Waals surface area contributed by atoms with Crippen LogP contribution < -0.4 is 0 Å². The van der Waals surface area contributed by atoms with Crippen molar-refractivity contribution in [3.63, 3.8) is 0 Å². The van der Waals surface area contributed by atoms with Crippen LogP contribution in [0, 0.1) is 0 Å². The largest absolute Gasteiger partial charge is 0.144 e. The van der Waals surface area contributed by atoms with Crippen LogP contribution in [0.3, 0.4) is 0 Å². The Kier molecular flexibility index (Phi) is 3.20. The van der Waals surface area contributed by atoms with Gasteiger partial charge in [0.05, 0.1) is 0 Å². The minimum Gasteiger partial charge on any atom is -0.144 e. The fraction of sp³-hybridized carbons (Fsp3) is 0.692. The summed E-state index contributed by atoms with van der Waals surface area (Å²) >= 11 is 2.07. The van der Waals surface area contributed by atoms with E-state index in [4.69, 9.17) is 0 Å². The molecule has 0 atom stereocenters. The fourth-order valence-electron chi connectivity index (χ4n) is 1.84. The maximum Gasteiger partial charge on any atom is 0.0477 e. The van der Waals surface area contributed by atoms with Crippen molar-refractivity contribution >= 4 is 11.8 Å². The van der Waals surface area contributed by atoms with Gasteiger partial charge in [0.15, 0.2) is 0 Å². The Morgan fingerprint density at radius 1 is 0.857 bits per heavy atom. The van der Waals surface area contributed by atoms with Crippen molar-refractivity contribution in [2.75, 3.05) is 0 Å². The van der Waals surface area contributed by atoms with Gasteiger partial charge in [-0.2, -0.15) is 0 Å². The molecule has 1 rings (SSSR count). The Labute approximate surface area is 92.9 Å². The van der Waals surface area contributed by atoms with E-state index in [1.54, 1.807) is 11.1 Å². The summed E-state index contributed by atoms with van der Waals surface area (Å²) in [4.78, 5) is 0. The third-order valence-corrected chi connectivity index (χ3v) is 4.65. The lowest BCUT2D eigenvalue weighted by atomic mass is 10.1. The molecule has 80 valence electrons. The van der Waals surface area contributed by atoms with Gasteiger partial charge in [-0.1, -0.05) is 31.9 Å². The highest BCUT2D eigenvalue weighted by atomic mass is 32.2. The predicted octanol–water partition coefficient (Wildman–Crippen LogP) is 4.57. The van der Waals surface area contributed by atoms with Crippen LogP contribution in [-0.4, -0.2) is 10.00 Å². The number of thioether (sulfide) groups is 1. The van der Waals surface area contributed by atoms with Gasteiger partial charge >= 0.3 is 0 Å². The van der Waals surface area contributed by atoms with Crippen LogP contribution in [0.4, 0.5) is 0 Å². The van der Waals surface area contributed by atoms with Gasteiger partial charge in [0.1, 0.15) is 0 Å². The summed E-state index contributed by atoms with van der Waals surface area (Å²) in [5.74, 6) is 0. The summed E-state index contributed by atoms with van der Waals surface area (Å²) in [5.41, 5.74) is 6.12. The summed E-state index contributed by atoms with van der Waals surface area (Å²) in [7, 11) is 0. The zero-order valence-electron chi connectivity index (χ0n) is 10.5. The van der Waals surface area contributed by atoms with Gasteiger partial charge in [0.2, 0.25) is 0 Å². The van der Waals surface area contributed by atoms with Crippen LogP contribution in [0.5, 0.6) is 0 Å². The molecule has 1 aliphatic rings. The van der Waals surface area contributed by atoms with Crippen molar-refractivity contribution < 1.29 is 0 Å². The molecule has 0 aliphatic heterocycles. The molecule has 0 aromatic carbocycles. The fourth-order valence-corrected chi connectivity index (χ4v) is 3.25. The quantitative estimate of drug-likeness (QED) is 0.611. The van der Waals surface area contributed by atoms with Crippen molar-refractivity contribution in [3.05, 3.63) is 22.3 Å². The Morgan fingerprint density at radius 2 is 1.21 bits per heavy atom. The van der Waals surface area contributed by atoms with E-state index in [1.807, 2.05) is 0 Å². The first-order valence-corrected chi connectivity index (χ1v) is 6.15. The smallest absolute Gasteiger partial charge is 0.0477 e. The molecule has 0 saturated carbocycles. The molecule has 0 aromatic rings. The Bertz CT molecular complexity index is 276. The first-order chi connectivity index (χ1) is 6.24. The Balaban J connectivity index is 2.93. The Morgan fingerprint density at radius 3 is 1.50 bits per heavy atom. The van der Waals surface area contributed by atoms with Crippen LogP contribution in [0.2, 0.25) is 0 Å². The molecule has 0 N–H and O–H groups in total. The zero-order chi connectivity index (χ0) is 11.1. The molecule has 0 unspecified atom stereocenters. The summed E-state index contributed by atoms with van der Waals surface area (Å²) in [6.45, 7) is 15.9. The maximum absolute atomic E-state index is 2.29. The molecule has 0 nitrogen and oxygen atoms in total. The molecule has 1 heteroatoms. The molecule has 0 aromatic heterocycles. The minimum atomic E-state index is 0.345. The van der Waals surface area contributed by atoms with Gasteiger partial charge in [0.25, 0.3) is 0 Å². The van der Waals surface area contributed by atoms with Crippen molar-refractivity contribution in [1.82, 2.24) is 0 Å². The minimum absolute atomic E-state index is 0.345. The number of hydrogen-bond acceptors (Lipinski definition) is 1. The summed E-state index contributed by atoms with van der Waals surface area (Å²) in [6, 6.07) is 0. The molecule has 0 radical (unpaired) electrons. The van der Waals surface area contributed by atoms with E-state index in [0.717, 1.165) is 0 Å². The van der Waals surface area contributed by atoms with Crippen LogP contribution in [0.1, 0.15) is 48.5 Å². The van der Waals surface area contributed by atoms with E-state index in [9.17, 15) is 0 Å². The molecule has 1 aliphatic carbocycles. The molecular weight excluding hydrogens is 188 g/mol. The average Bonchev–Trinajstić information content (AvgIpc) is 2.20. The van der Waals surface area contributed by atoms with E-state index in [1.165, 1.54) is 11.1 Å². The first-order valence-electron chi connectivity index (χ1n) is 5.27. The van der Waals surface area contributed by atoms with Crippen molar-refractivity contribution in [2.24, 2.45) is 0 Å². The maximum atomic E-state index is 2.29. The standard InChI is InChI=1S/C13H22S/c1-8-9(2)11(4)12(10(8)3)14-13(5,6)7/h12H,1-7H3. The zero-order valence-corrected chi connectivity index (χ0v) is 11.3. The topological polar surface area (TPSA) is 0 Å². The van der Waals surface area contributed by atoms with E-state index < -0.39 is 0 Å². The second-order valence-electron chi connectivity index (χ2n) is 5.23. The summed E-state index contributed by atoms with van der Waals surface area (Å²) in [6.07, 6.45) is 0.